The number of rotatable bonds is 4. The molecule has 0 bridgehead atoms. The van der Waals surface area contributed by atoms with Gasteiger partial charge in [-0.05, 0) is 71.1 Å². The zero-order chi connectivity index (χ0) is 28.3. The molecule has 202 valence electrons. The first kappa shape index (κ1) is 23.8. The van der Waals surface area contributed by atoms with Crippen molar-refractivity contribution in [1.29, 1.82) is 0 Å². The zero-order valence-electron chi connectivity index (χ0n) is 23.1. The minimum absolute atomic E-state index is 0.649. The van der Waals surface area contributed by atoms with Crippen LogP contribution in [0.1, 0.15) is 0 Å². The summed E-state index contributed by atoms with van der Waals surface area (Å²) in [5, 5.41) is 6.42. The molecule has 43 heavy (non-hydrogen) atoms. The number of benzene rings is 6. The van der Waals surface area contributed by atoms with Crippen molar-refractivity contribution in [1.82, 2.24) is 4.98 Å². The number of nitrogens with zero attached hydrogens (tertiary/aromatic N) is 2. The van der Waals surface area contributed by atoms with Crippen molar-refractivity contribution in [3.05, 3.63) is 146 Å². The van der Waals surface area contributed by atoms with Gasteiger partial charge in [0, 0.05) is 44.5 Å². The lowest BCUT2D eigenvalue weighted by Crippen LogP contribution is -2.10. The Bertz CT molecular complexity index is 2450. The molecule has 0 aliphatic carbocycles. The predicted molar refractivity (Wildman–Crippen MR) is 176 cm³/mol. The number of aromatic nitrogens is 1. The fourth-order valence-corrected chi connectivity index (χ4v) is 6.28. The van der Waals surface area contributed by atoms with Gasteiger partial charge in [-0.3, -0.25) is 0 Å². The van der Waals surface area contributed by atoms with E-state index >= 15 is 0 Å². The molecule has 0 saturated carbocycles. The van der Waals surface area contributed by atoms with Gasteiger partial charge in [-0.1, -0.05) is 84.9 Å². The van der Waals surface area contributed by atoms with E-state index in [1.807, 2.05) is 24.3 Å². The van der Waals surface area contributed by atoms with Gasteiger partial charge in [0.05, 0.1) is 5.69 Å². The maximum absolute atomic E-state index is 6.53. The Morgan fingerprint density at radius 1 is 0.465 bits per heavy atom. The van der Waals surface area contributed by atoms with Crippen molar-refractivity contribution in [2.45, 2.75) is 0 Å². The van der Waals surface area contributed by atoms with Gasteiger partial charge in [-0.2, -0.15) is 0 Å². The molecule has 0 unspecified atom stereocenters. The summed E-state index contributed by atoms with van der Waals surface area (Å²) in [5.74, 6) is 0. The number of para-hydroxylation sites is 2. The second-order valence-corrected chi connectivity index (χ2v) is 10.8. The van der Waals surface area contributed by atoms with Gasteiger partial charge in [0.25, 0.3) is 0 Å². The van der Waals surface area contributed by atoms with Crippen LogP contribution in [-0.4, -0.2) is 4.98 Å². The third-order valence-corrected chi connectivity index (χ3v) is 8.33. The molecule has 4 nitrogen and oxygen atoms in total. The highest BCUT2D eigenvalue weighted by Crippen LogP contribution is 2.44. The molecule has 0 spiro atoms. The Kier molecular flexibility index (Phi) is 5.16. The lowest BCUT2D eigenvalue weighted by atomic mass is 10.0. The van der Waals surface area contributed by atoms with Gasteiger partial charge in [0.1, 0.15) is 11.2 Å². The maximum Gasteiger partial charge on any atom is 0.227 e. The molecule has 0 aliphatic rings. The highest BCUT2D eigenvalue weighted by molar-refractivity contribution is 6.15. The topological polar surface area (TPSA) is 42.4 Å². The molecule has 3 aromatic heterocycles. The van der Waals surface area contributed by atoms with Gasteiger partial charge in [-0.25, -0.2) is 4.98 Å². The van der Waals surface area contributed by atoms with Crippen LogP contribution in [0.3, 0.4) is 0 Å². The average molecular weight is 553 g/mol. The number of anilines is 3. The SMILES string of the molecule is c1ccc(-c2ccc(N(c3ccc4ccc5c6cccnc6oc5c4c3)c3cccc4c3oc3ccccc34)cc2)cc1. The summed E-state index contributed by atoms with van der Waals surface area (Å²) in [5.41, 5.74) is 8.58. The molecule has 0 atom stereocenters. The molecule has 9 aromatic rings. The second-order valence-electron chi connectivity index (χ2n) is 10.8. The van der Waals surface area contributed by atoms with E-state index in [0.717, 1.165) is 66.1 Å². The number of furan rings is 2. The molecule has 0 aliphatic heterocycles. The van der Waals surface area contributed by atoms with E-state index in [2.05, 4.69) is 125 Å². The minimum atomic E-state index is 0.649. The van der Waals surface area contributed by atoms with Crippen LogP contribution in [0.5, 0.6) is 0 Å². The largest absolute Gasteiger partial charge is 0.454 e. The van der Waals surface area contributed by atoms with Crippen molar-refractivity contribution in [2.75, 3.05) is 4.90 Å². The summed E-state index contributed by atoms with van der Waals surface area (Å²) in [6.45, 7) is 0. The third-order valence-electron chi connectivity index (χ3n) is 8.33. The summed E-state index contributed by atoms with van der Waals surface area (Å²) >= 11 is 0. The van der Waals surface area contributed by atoms with Gasteiger partial charge in [0.2, 0.25) is 5.71 Å². The van der Waals surface area contributed by atoms with Crippen molar-refractivity contribution < 1.29 is 8.83 Å². The van der Waals surface area contributed by atoms with E-state index in [-0.39, 0.29) is 0 Å². The highest BCUT2D eigenvalue weighted by Gasteiger charge is 2.20. The Morgan fingerprint density at radius 2 is 1.19 bits per heavy atom. The quantitative estimate of drug-likeness (QED) is 0.218. The molecule has 3 heterocycles. The fraction of sp³-hybridized carbons (Fsp3) is 0. The van der Waals surface area contributed by atoms with E-state index in [1.54, 1.807) is 6.20 Å². The number of hydrogen-bond acceptors (Lipinski definition) is 4. The first-order chi connectivity index (χ1) is 21.3. The van der Waals surface area contributed by atoms with Crippen LogP contribution in [0, 0.1) is 0 Å². The minimum Gasteiger partial charge on any atom is -0.454 e. The Labute approximate surface area is 247 Å². The van der Waals surface area contributed by atoms with Crippen LogP contribution >= 0.6 is 0 Å². The smallest absolute Gasteiger partial charge is 0.227 e. The first-order valence-corrected chi connectivity index (χ1v) is 14.4. The van der Waals surface area contributed by atoms with E-state index in [4.69, 9.17) is 8.83 Å². The van der Waals surface area contributed by atoms with Crippen LogP contribution in [-0.2, 0) is 0 Å². The van der Waals surface area contributed by atoms with Gasteiger partial charge >= 0.3 is 0 Å². The van der Waals surface area contributed by atoms with Crippen molar-refractivity contribution in [3.8, 4) is 11.1 Å². The van der Waals surface area contributed by atoms with Gasteiger partial charge in [0.15, 0.2) is 5.58 Å². The Balaban J connectivity index is 1.30. The third kappa shape index (κ3) is 3.74. The molecule has 0 N–H and O–H groups in total. The molecule has 0 radical (unpaired) electrons. The normalized spacial score (nSPS) is 11.7. The Hall–Kier alpha value is -5.87. The van der Waals surface area contributed by atoms with E-state index in [0.29, 0.717) is 5.71 Å². The standard InChI is InChI=1S/C39H24N2O2/c1-2-8-25(9-3-1)26-15-19-28(20-16-26)41(35-13-6-11-31-30-10-4-5-14-36(30)42-38(31)35)29-21-17-27-18-22-32-33-12-7-23-40-39(33)43-37(32)34(27)24-29/h1-24H. The molecular formula is C39H24N2O2. The average Bonchev–Trinajstić information content (AvgIpc) is 3.65. The zero-order valence-corrected chi connectivity index (χ0v) is 23.1. The Morgan fingerprint density at radius 3 is 2.09 bits per heavy atom. The summed E-state index contributed by atoms with van der Waals surface area (Å²) in [7, 11) is 0. The molecule has 0 saturated heterocycles. The van der Waals surface area contributed by atoms with Crippen molar-refractivity contribution in [2.24, 2.45) is 0 Å². The summed E-state index contributed by atoms with van der Waals surface area (Å²) in [6.07, 6.45) is 1.77. The molecular weight excluding hydrogens is 528 g/mol. The second kappa shape index (κ2) is 9.33. The summed E-state index contributed by atoms with van der Waals surface area (Å²) in [6, 6.07) is 48.6. The number of hydrogen-bond donors (Lipinski definition) is 0. The van der Waals surface area contributed by atoms with Crippen LogP contribution < -0.4 is 4.90 Å². The molecule has 4 heteroatoms. The summed E-state index contributed by atoms with van der Waals surface area (Å²) < 4.78 is 12.9. The molecule has 0 amide bonds. The maximum atomic E-state index is 6.53. The number of fused-ring (bicyclic) bond motifs is 8. The molecule has 6 aromatic carbocycles. The lowest BCUT2D eigenvalue weighted by molar-refractivity contribution is 0.657. The lowest BCUT2D eigenvalue weighted by Gasteiger charge is -2.26. The monoisotopic (exact) mass is 552 g/mol. The van der Waals surface area contributed by atoms with Crippen LogP contribution in [0.2, 0.25) is 0 Å². The van der Waals surface area contributed by atoms with Crippen molar-refractivity contribution in [3.63, 3.8) is 0 Å². The van der Waals surface area contributed by atoms with E-state index in [9.17, 15) is 0 Å². The van der Waals surface area contributed by atoms with Gasteiger partial charge < -0.3 is 13.7 Å². The van der Waals surface area contributed by atoms with Crippen LogP contribution in [0.25, 0.3) is 65.9 Å². The van der Waals surface area contributed by atoms with Crippen molar-refractivity contribution >= 4 is 71.8 Å². The van der Waals surface area contributed by atoms with E-state index < -0.39 is 0 Å². The predicted octanol–water partition coefficient (Wildman–Crippen LogP) is 11.2. The fourth-order valence-electron chi connectivity index (χ4n) is 6.28. The summed E-state index contributed by atoms with van der Waals surface area (Å²) in [4.78, 5) is 6.75. The van der Waals surface area contributed by atoms with Gasteiger partial charge in [-0.15, -0.1) is 0 Å². The van der Waals surface area contributed by atoms with Crippen LogP contribution in [0.15, 0.2) is 155 Å². The number of pyridine rings is 1. The molecule has 0 fully saturated rings. The first-order valence-electron chi connectivity index (χ1n) is 14.4. The van der Waals surface area contributed by atoms with Crippen LogP contribution in [0.4, 0.5) is 17.1 Å². The highest BCUT2D eigenvalue weighted by atomic mass is 16.3. The molecule has 9 rings (SSSR count). The van der Waals surface area contributed by atoms with E-state index in [1.165, 1.54) is 11.1 Å².